The molecule has 2 aromatic carbocycles. The van der Waals surface area contributed by atoms with Crippen LogP contribution in [-0.4, -0.2) is 57.1 Å². The van der Waals surface area contributed by atoms with E-state index in [1.165, 1.54) is 30.7 Å². The average Bonchev–Trinajstić information content (AvgIpc) is 3.33. The number of benzene rings is 2. The number of anilines is 1. The van der Waals surface area contributed by atoms with Crippen LogP contribution in [0.25, 0.3) is 31.8 Å². The highest BCUT2D eigenvalue weighted by molar-refractivity contribution is 7.21. The van der Waals surface area contributed by atoms with Crippen molar-refractivity contribution in [3.63, 3.8) is 0 Å². The first-order chi connectivity index (χ1) is 19.6. The van der Waals surface area contributed by atoms with Crippen LogP contribution in [0.2, 0.25) is 0 Å². The number of hydrogen-bond donors (Lipinski definition) is 2. The number of aryl methyl sites for hydroxylation is 1. The fourth-order valence-electron chi connectivity index (χ4n) is 4.15. The van der Waals surface area contributed by atoms with Gasteiger partial charge in [0.1, 0.15) is 18.2 Å². The van der Waals surface area contributed by atoms with Crippen LogP contribution in [-0.2, 0) is 11.2 Å². The fraction of sp³-hybridized carbons (Fsp3) is 0.276. The maximum absolute atomic E-state index is 14.8. The summed E-state index contributed by atoms with van der Waals surface area (Å²) in [5.74, 6) is -0.130. The van der Waals surface area contributed by atoms with Crippen LogP contribution in [0.15, 0.2) is 48.8 Å². The lowest BCUT2D eigenvalue weighted by Gasteiger charge is -2.16. The Morgan fingerprint density at radius 3 is 2.63 bits per heavy atom. The molecule has 5 aromatic rings. The zero-order valence-corrected chi connectivity index (χ0v) is 23.7. The number of hydrogen-bond acceptors (Lipinski definition) is 10. The third-order valence-electron chi connectivity index (χ3n) is 5.91. The Labute approximate surface area is 239 Å². The van der Waals surface area contributed by atoms with E-state index < -0.39 is 17.5 Å². The minimum absolute atomic E-state index is 0.0296. The monoisotopic (exact) mass is 577 g/mol. The number of amides is 1. The summed E-state index contributed by atoms with van der Waals surface area (Å²) >= 11 is 1.38. The van der Waals surface area contributed by atoms with Crippen molar-refractivity contribution >= 4 is 44.4 Å². The lowest BCUT2D eigenvalue weighted by molar-refractivity contribution is 0.0799. The molecule has 2 N–H and O–H groups in total. The van der Waals surface area contributed by atoms with Gasteiger partial charge in [-0.25, -0.2) is 24.1 Å². The molecular formula is C29H28FN5O5S. The molecule has 5 rings (SSSR count). The van der Waals surface area contributed by atoms with Crippen molar-refractivity contribution in [2.45, 2.75) is 32.8 Å². The summed E-state index contributed by atoms with van der Waals surface area (Å²) in [6.07, 6.45) is 2.72. The molecule has 212 valence electrons. The fourth-order valence-corrected chi connectivity index (χ4v) is 5.14. The van der Waals surface area contributed by atoms with Crippen LogP contribution in [0.4, 0.5) is 14.9 Å². The summed E-state index contributed by atoms with van der Waals surface area (Å²) < 4.78 is 31.4. The largest absolute Gasteiger partial charge is 0.487 e. The summed E-state index contributed by atoms with van der Waals surface area (Å²) in [4.78, 5) is 29.9. The van der Waals surface area contributed by atoms with Crippen molar-refractivity contribution in [3.05, 3.63) is 65.9 Å². The Morgan fingerprint density at radius 1 is 1.07 bits per heavy atom. The number of rotatable bonds is 9. The van der Waals surface area contributed by atoms with Gasteiger partial charge in [-0.2, -0.15) is 0 Å². The molecule has 3 aromatic heterocycles. The second kappa shape index (κ2) is 11.6. The first kappa shape index (κ1) is 28.1. The van der Waals surface area contributed by atoms with Gasteiger partial charge in [0.15, 0.2) is 11.6 Å². The smallest absolute Gasteiger partial charge is 0.411 e. The highest BCUT2D eigenvalue weighted by Gasteiger charge is 2.17. The number of halogens is 1. The number of carbonyl (C=O) groups excluding carboxylic acids is 1. The number of fused-ring (bicyclic) bond motifs is 2. The van der Waals surface area contributed by atoms with E-state index in [1.807, 2.05) is 19.1 Å². The van der Waals surface area contributed by atoms with Gasteiger partial charge < -0.3 is 19.3 Å². The highest BCUT2D eigenvalue weighted by atomic mass is 32.1. The van der Waals surface area contributed by atoms with Crippen molar-refractivity contribution in [1.82, 2.24) is 19.9 Å². The van der Waals surface area contributed by atoms with Crippen LogP contribution in [0.1, 0.15) is 25.1 Å². The molecule has 3 heterocycles. The molecule has 0 saturated heterocycles. The molecular weight excluding hydrogens is 549 g/mol. The van der Waals surface area contributed by atoms with Gasteiger partial charge >= 0.3 is 6.09 Å². The summed E-state index contributed by atoms with van der Waals surface area (Å²) in [5, 5.41) is 13.1. The predicted molar refractivity (Wildman–Crippen MR) is 154 cm³/mol. The number of thiazole rings is 1. The lowest BCUT2D eigenvalue weighted by Crippen LogP contribution is -2.22. The van der Waals surface area contributed by atoms with Crippen LogP contribution < -0.4 is 14.8 Å². The number of aromatic nitrogens is 4. The van der Waals surface area contributed by atoms with E-state index in [1.54, 1.807) is 38.2 Å². The summed E-state index contributed by atoms with van der Waals surface area (Å²) in [6.45, 7) is 5.19. The van der Waals surface area contributed by atoms with Crippen LogP contribution in [0.5, 0.6) is 11.6 Å². The molecule has 0 atom stereocenters. The van der Waals surface area contributed by atoms with Crippen molar-refractivity contribution in [2.75, 3.05) is 25.6 Å². The Hall–Kier alpha value is -4.42. The molecule has 0 saturated carbocycles. The number of nitrogens with one attached hydrogen (secondary N) is 1. The van der Waals surface area contributed by atoms with Gasteiger partial charge in [-0.05, 0) is 50.6 Å². The van der Waals surface area contributed by atoms with E-state index in [4.69, 9.17) is 14.2 Å². The second-order valence-corrected chi connectivity index (χ2v) is 11.0. The minimum atomic E-state index is -0.882. The maximum atomic E-state index is 14.8. The number of ether oxygens (including phenoxy) is 3. The highest BCUT2D eigenvalue weighted by Crippen LogP contribution is 2.37. The zero-order valence-electron chi connectivity index (χ0n) is 22.9. The Kier molecular flexibility index (Phi) is 7.95. The first-order valence-corrected chi connectivity index (χ1v) is 13.6. The summed E-state index contributed by atoms with van der Waals surface area (Å²) in [5.41, 5.74) is 3.86. The molecule has 41 heavy (non-hydrogen) atoms. The third-order valence-corrected chi connectivity index (χ3v) is 6.96. The van der Waals surface area contributed by atoms with Gasteiger partial charge in [0.2, 0.25) is 5.88 Å². The van der Waals surface area contributed by atoms with E-state index in [-0.39, 0.29) is 19.0 Å². The van der Waals surface area contributed by atoms with Crippen LogP contribution >= 0.6 is 11.3 Å². The number of carbonyl (C=O) groups is 1. The summed E-state index contributed by atoms with van der Waals surface area (Å²) in [7, 11) is 1.54. The average molecular weight is 578 g/mol. The Morgan fingerprint density at radius 2 is 1.90 bits per heavy atom. The molecule has 0 unspecified atom stereocenters. The quantitative estimate of drug-likeness (QED) is 0.212. The zero-order chi connectivity index (χ0) is 29.1. The second-order valence-electron chi connectivity index (χ2n) is 10.00. The van der Waals surface area contributed by atoms with E-state index in [0.717, 1.165) is 15.8 Å². The van der Waals surface area contributed by atoms with Gasteiger partial charge in [-0.15, -0.1) is 11.3 Å². The SMILES string of the molecule is COc1cnc2c(-c3nc4cc(F)c(OCCOC(=O)Nc5ccc(CC(C)(C)O)nc5)cc4s3)cc(C)cc2n1. The van der Waals surface area contributed by atoms with Gasteiger partial charge in [0.05, 0.1) is 52.0 Å². The molecule has 0 aliphatic rings. The van der Waals surface area contributed by atoms with Gasteiger partial charge in [0, 0.05) is 29.8 Å². The molecule has 12 heteroatoms. The maximum Gasteiger partial charge on any atom is 0.411 e. The molecule has 0 spiro atoms. The van der Waals surface area contributed by atoms with Crippen LogP contribution in [0, 0.1) is 12.7 Å². The number of nitrogens with zero attached hydrogens (tertiary/aromatic N) is 4. The molecule has 0 radical (unpaired) electrons. The Bertz CT molecular complexity index is 1720. The van der Waals surface area contributed by atoms with E-state index in [0.29, 0.717) is 45.2 Å². The third kappa shape index (κ3) is 6.84. The normalized spacial score (nSPS) is 11.6. The number of aliphatic hydroxyl groups is 1. The van der Waals surface area contributed by atoms with Crippen molar-refractivity contribution < 1.29 is 28.5 Å². The first-order valence-electron chi connectivity index (χ1n) is 12.7. The molecule has 0 aliphatic carbocycles. The molecule has 0 fully saturated rings. The number of methoxy groups -OCH3 is 1. The van der Waals surface area contributed by atoms with Crippen molar-refractivity contribution in [2.24, 2.45) is 0 Å². The van der Waals surface area contributed by atoms with Gasteiger partial charge in [-0.1, -0.05) is 0 Å². The Balaban J connectivity index is 1.21. The van der Waals surface area contributed by atoms with E-state index in [9.17, 15) is 14.3 Å². The van der Waals surface area contributed by atoms with E-state index in [2.05, 4.69) is 25.3 Å². The molecule has 0 bridgehead atoms. The molecule has 0 aliphatic heterocycles. The topological polar surface area (TPSA) is 129 Å². The standard InChI is InChI=1S/C29H28FN5O5S/c1-16-9-19(26-22(10-16)34-25(38-4)15-32-26)27-35-21-11-20(30)23(12-24(21)41-27)39-7-8-40-28(36)33-18-6-5-17(31-14-18)13-29(2,3)37/h5-6,9-12,14-15,37H,7-8,13H2,1-4H3,(H,33,36). The van der Waals surface area contributed by atoms with E-state index >= 15 is 0 Å². The van der Waals surface area contributed by atoms with Crippen molar-refractivity contribution in [1.29, 1.82) is 0 Å². The minimum Gasteiger partial charge on any atom is -0.487 e. The van der Waals surface area contributed by atoms with Gasteiger partial charge in [0.25, 0.3) is 0 Å². The van der Waals surface area contributed by atoms with Crippen molar-refractivity contribution in [3.8, 4) is 22.2 Å². The molecule has 10 nitrogen and oxygen atoms in total. The van der Waals surface area contributed by atoms with Gasteiger partial charge in [-0.3, -0.25) is 10.3 Å². The number of pyridine rings is 1. The lowest BCUT2D eigenvalue weighted by atomic mass is 10.0. The molecule has 1 amide bonds. The predicted octanol–water partition coefficient (Wildman–Crippen LogP) is 5.70. The summed E-state index contributed by atoms with van der Waals surface area (Å²) in [6, 6.07) is 10.2. The van der Waals surface area contributed by atoms with Crippen LogP contribution in [0.3, 0.4) is 0 Å².